The number of hydrazone groups is 1. The molecule has 0 atom stereocenters. The first-order valence-corrected chi connectivity index (χ1v) is 9.01. The largest absolute Gasteiger partial charge is 0.497 e. The third-order valence-electron chi connectivity index (χ3n) is 4.25. The van der Waals surface area contributed by atoms with Crippen molar-refractivity contribution in [3.8, 4) is 5.75 Å². The lowest BCUT2D eigenvalue weighted by Crippen LogP contribution is -2.18. The van der Waals surface area contributed by atoms with Crippen molar-refractivity contribution in [2.45, 2.75) is 6.92 Å². The molecular formula is C23H21N3O3. The Labute approximate surface area is 169 Å². The van der Waals surface area contributed by atoms with Crippen LogP contribution in [0.15, 0.2) is 77.9 Å². The van der Waals surface area contributed by atoms with Gasteiger partial charge < -0.3 is 10.1 Å². The maximum atomic E-state index is 12.5. The molecular weight excluding hydrogens is 366 g/mol. The molecule has 0 heterocycles. The van der Waals surface area contributed by atoms with Gasteiger partial charge in [-0.25, -0.2) is 5.43 Å². The molecule has 0 saturated carbocycles. The molecule has 3 aromatic carbocycles. The third kappa shape index (κ3) is 5.29. The van der Waals surface area contributed by atoms with Crippen LogP contribution in [0.25, 0.3) is 0 Å². The highest BCUT2D eigenvalue weighted by atomic mass is 16.5. The van der Waals surface area contributed by atoms with E-state index >= 15 is 0 Å². The van der Waals surface area contributed by atoms with Crippen molar-refractivity contribution >= 4 is 23.7 Å². The molecule has 2 amide bonds. The second kappa shape index (κ2) is 9.32. The Bertz CT molecular complexity index is 1060. The summed E-state index contributed by atoms with van der Waals surface area (Å²) in [5.41, 5.74) is 5.66. The molecule has 146 valence electrons. The topological polar surface area (TPSA) is 79.8 Å². The van der Waals surface area contributed by atoms with E-state index in [1.165, 1.54) is 6.21 Å². The monoisotopic (exact) mass is 387 g/mol. The summed E-state index contributed by atoms with van der Waals surface area (Å²) in [5.74, 6) is 0.102. The average Bonchev–Trinajstić information content (AvgIpc) is 2.74. The summed E-state index contributed by atoms with van der Waals surface area (Å²) in [4.78, 5) is 24.8. The normalized spacial score (nSPS) is 10.6. The average molecular weight is 387 g/mol. The van der Waals surface area contributed by atoms with E-state index in [-0.39, 0.29) is 11.8 Å². The van der Waals surface area contributed by atoms with Crippen LogP contribution in [0.1, 0.15) is 31.8 Å². The molecule has 2 N–H and O–H groups in total. The molecule has 0 aliphatic rings. The molecule has 0 unspecified atom stereocenters. The summed E-state index contributed by atoms with van der Waals surface area (Å²) in [6, 6.07) is 21.3. The van der Waals surface area contributed by atoms with Crippen molar-refractivity contribution < 1.29 is 14.3 Å². The van der Waals surface area contributed by atoms with Crippen molar-refractivity contribution in [1.82, 2.24) is 5.43 Å². The van der Waals surface area contributed by atoms with E-state index in [1.54, 1.807) is 43.5 Å². The first-order valence-electron chi connectivity index (χ1n) is 9.01. The van der Waals surface area contributed by atoms with Gasteiger partial charge in [0.05, 0.1) is 13.3 Å². The van der Waals surface area contributed by atoms with Gasteiger partial charge in [0.2, 0.25) is 0 Å². The smallest absolute Gasteiger partial charge is 0.271 e. The Morgan fingerprint density at radius 1 is 0.931 bits per heavy atom. The second-order valence-electron chi connectivity index (χ2n) is 6.33. The number of aryl methyl sites for hydroxylation is 1. The van der Waals surface area contributed by atoms with E-state index in [0.29, 0.717) is 22.6 Å². The van der Waals surface area contributed by atoms with Crippen LogP contribution in [0.5, 0.6) is 5.75 Å². The van der Waals surface area contributed by atoms with Gasteiger partial charge in [0.25, 0.3) is 11.8 Å². The molecule has 3 rings (SSSR count). The molecule has 0 fully saturated rings. The summed E-state index contributed by atoms with van der Waals surface area (Å²) in [6.45, 7) is 1.87. The molecule has 3 aromatic rings. The minimum absolute atomic E-state index is 0.225. The number of ether oxygens (including phenoxy) is 1. The van der Waals surface area contributed by atoms with Crippen LogP contribution < -0.4 is 15.5 Å². The van der Waals surface area contributed by atoms with E-state index in [0.717, 1.165) is 11.1 Å². The number of carbonyl (C=O) groups is 2. The molecule has 0 spiro atoms. The first kappa shape index (κ1) is 19.8. The SMILES string of the molecule is COc1cccc(C=NNC(=O)c2cccc(NC(=O)c3ccccc3C)c2)c1. The third-order valence-corrected chi connectivity index (χ3v) is 4.25. The number of amides is 2. The van der Waals surface area contributed by atoms with Crippen LogP contribution in [0, 0.1) is 6.92 Å². The van der Waals surface area contributed by atoms with Gasteiger partial charge in [-0.05, 0) is 54.4 Å². The lowest BCUT2D eigenvalue weighted by molar-refractivity contribution is 0.0953. The first-order chi connectivity index (χ1) is 14.1. The van der Waals surface area contributed by atoms with E-state index < -0.39 is 0 Å². The summed E-state index contributed by atoms with van der Waals surface area (Å²) in [7, 11) is 1.59. The fourth-order valence-corrected chi connectivity index (χ4v) is 2.72. The standard InChI is InChI=1S/C23H21N3O3/c1-16-7-3-4-12-21(16)23(28)25-19-10-6-9-18(14-19)22(27)26-24-15-17-8-5-11-20(13-17)29-2/h3-15H,1-2H3,(H,25,28)(H,26,27). The van der Waals surface area contributed by atoms with Crippen molar-refractivity contribution in [3.63, 3.8) is 0 Å². The van der Waals surface area contributed by atoms with Crippen molar-refractivity contribution in [3.05, 3.63) is 95.1 Å². The Balaban J connectivity index is 1.65. The van der Waals surface area contributed by atoms with E-state index in [1.807, 2.05) is 43.3 Å². The Hall–Kier alpha value is -3.93. The Morgan fingerprint density at radius 2 is 1.72 bits per heavy atom. The quantitative estimate of drug-likeness (QED) is 0.495. The fourth-order valence-electron chi connectivity index (χ4n) is 2.72. The number of nitrogens with one attached hydrogen (secondary N) is 2. The van der Waals surface area contributed by atoms with Gasteiger partial charge in [0.1, 0.15) is 5.75 Å². The number of anilines is 1. The van der Waals surface area contributed by atoms with Crippen LogP contribution in [0.3, 0.4) is 0 Å². The number of benzene rings is 3. The van der Waals surface area contributed by atoms with Crippen LogP contribution in [0.2, 0.25) is 0 Å². The molecule has 6 heteroatoms. The lowest BCUT2D eigenvalue weighted by Gasteiger charge is -2.08. The van der Waals surface area contributed by atoms with Crippen LogP contribution in [-0.2, 0) is 0 Å². The zero-order chi connectivity index (χ0) is 20.6. The van der Waals surface area contributed by atoms with Crippen molar-refractivity contribution in [2.24, 2.45) is 5.10 Å². The zero-order valence-corrected chi connectivity index (χ0v) is 16.2. The number of rotatable bonds is 6. The molecule has 6 nitrogen and oxygen atoms in total. The van der Waals surface area contributed by atoms with Crippen molar-refractivity contribution in [2.75, 3.05) is 12.4 Å². The van der Waals surface area contributed by atoms with Crippen LogP contribution in [0.4, 0.5) is 5.69 Å². The Kier molecular flexibility index (Phi) is 6.37. The lowest BCUT2D eigenvalue weighted by atomic mass is 10.1. The minimum Gasteiger partial charge on any atom is -0.497 e. The summed E-state index contributed by atoms with van der Waals surface area (Å²) in [5, 5.41) is 6.79. The predicted octanol–water partition coefficient (Wildman–Crippen LogP) is 4.02. The number of methoxy groups -OCH3 is 1. The Morgan fingerprint density at radius 3 is 2.52 bits per heavy atom. The molecule has 0 radical (unpaired) electrons. The van der Waals surface area contributed by atoms with Crippen LogP contribution >= 0.6 is 0 Å². The highest BCUT2D eigenvalue weighted by Gasteiger charge is 2.10. The maximum Gasteiger partial charge on any atom is 0.271 e. The fraction of sp³-hybridized carbons (Fsp3) is 0.0870. The van der Waals surface area contributed by atoms with Gasteiger partial charge in [-0.1, -0.05) is 36.4 Å². The second-order valence-corrected chi connectivity index (χ2v) is 6.33. The number of nitrogens with zero attached hydrogens (tertiary/aromatic N) is 1. The minimum atomic E-state index is -0.379. The summed E-state index contributed by atoms with van der Waals surface area (Å²) < 4.78 is 5.15. The maximum absolute atomic E-state index is 12.5. The molecule has 0 saturated heterocycles. The predicted molar refractivity (Wildman–Crippen MR) is 114 cm³/mol. The summed E-state index contributed by atoms with van der Waals surface area (Å²) >= 11 is 0. The highest BCUT2D eigenvalue weighted by Crippen LogP contribution is 2.14. The number of carbonyl (C=O) groups excluding carboxylic acids is 2. The molecule has 0 aromatic heterocycles. The van der Waals surface area contributed by atoms with Gasteiger partial charge in [-0.15, -0.1) is 0 Å². The number of hydrogen-bond acceptors (Lipinski definition) is 4. The molecule has 0 aliphatic heterocycles. The highest BCUT2D eigenvalue weighted by molar-refractivity contribution is 6.06. The van der Waals surface area contributed by atoms with Crippen LogP contribution in [-0.4, -0.2) is 25.1 Å². The van der Waals surface area contributed by atoms with Gasteiger partial charge in [0, 0.05) is 16.8 Å². The van der Waals surface area contributed by atoms with E-state index in [4.69, 9.17) is 4.74 Å². The number of hydrogen-bond donors (Lipinski definition) is 2. The van der Waals surface area contributed by atoms with E-state index in [2.05, 4.69) is 15.8 Å². The summed E-state index contributed by atoms with van der Waals surface area (Å²) in [6.07, 6.45) is 1.53. The molecule has 0 aliphatic carbocycles. The van der Waals surface area contributed by atoms with Gasteiger partial charge in [0.15, 0.2) is 0 Å². The molecule has 0 bridgehead atoms. The van der Waals surface area contributed by atoms with E-state index in [9.17, 15) is 9.59 Å². The van der Waals surface area contributed by atoms with Crippen molar-refractivity contribution in [1.29, 1.82) is 0 Å². The molecule has 29 heavy (non-hydrogen) atoms. The van der Waals surface area contributed by atoms with Gasteiger partial charge in [-0.3, -0.25) is 9.59 Å². The van der Waals surface area contributed by atoms with Gasteiger partial charge >= 0.3 is 0 Å². The zero-order valence-electron chi connectivity index (χ0n) is 16.2. The van der Waals surface area contributed by atoms with Gasteiger partial charge in [-0.2, -0.15) is 5.10 Å².